The van der Waals surface area contributed by atoms with Gasteiger partial charge in [0.25, 0.3) is 0 Å². The first-order valence-corrected chi connectivity index (χ1v) is 7.95. The molecule has 2 rings (SSSR count). The van der Waals surface area contributed by atoms with Gasteiger partial charge in [-0.15, -0.1) is 0 Å². The lowest BCUT2D eigenvalue weighted by molar-refractivity contribution is 0.359. The van der Waals surface area contributed by atoms with Gasteiger partial charge < -0.3 is 10.1 Å². The van der Waals surface area contributed by atoms with Crippen LogP contribution in [0.1, 0.15) is 32.3 Å². The van der Waals surface area contributed by atoms with Crippen LogP contribution < -0.4 is 10.1 Å². The van der Waals surface area contributed by atoms with Gasteiger partial charge in [0.05, 0.1) is 11.6 Å². The average Bonchev–Trinajstić information content (AvgIpc) is 3.18. The molecule has 1 N–H and O–H groups in total. The molecule has 0 heterocycles. The van der Waals surface area contributed by atoms with Crippen LogP contribution >= 0.6 is 15.9 Å². The van der Waals surface area contributed by atoms with E-state index in [1.54, 1.807) is 7.11 Å². The number of nitrogens with one attached hydrogen (secondary N) is 1. The Hall–Kier alpha value is -0.540. The molecule has 0 saturated heterocycles. The van der Waals surface area contributed by atoms with E-state index in [4.69, 9.17) is 4.74 Å². The lowest BCUT2D eigenvalue weighted by atomic mass is 9.89. The van der Waals surface area contributed by atoms with Crippen molar-refractivity contribution in [1.82, 2.24) is 5.32 Å². The molecule has 1 fully saturated rings. The van der Waals surface area contributed by atoms with E-state index in [2.05, 4.69) is 47.2 Å². The van der Waals surface area contributed by atoms with Crippen LogP contribution in [0, 0.1) is 11.8 Å². The Morgan fingerprint density at radius 2 is 2.11 bits per heavy atom. The molecular formula is C16H24BrNO. The zero-order chi connectivity index (χ0) is 13.8. The Morgan fingerprint density at radius 3 is 2.63 bits per heavy atom. The summed E-state index contributed by atoms with van der Waals surface area (Å²) in [6, 6.07) is 7.20. The second-order valence-electron chi connectivity index (χ2n) is 5.86. The highest BCUT2D eigenvalue weighted by Crippen LogP contribution is 2.28. The summed E-state index contributed by atoms with van der Waals surface area (Å²) in [5.74, 6) is 2.30. The highest BCUT2D eigenvalue weighted by atomic mass is 79.9. The molecule has 0 bridgehead atoms. The normalized spacial score (nSPS) is 16.7. The number of methoxy groups -OCH3 is 1. The van der Waals surface area contributed by atoms with E-state index in [1.165, 1.54) is 18.4 Å². The summed E-state index contributed by atoms with van der Waals surface area (Å²) in [4.78, 5) is 0. The smallest absolute Gasteiger partial charge is 0.133 e. The van der Waals surface area contributed by atoms with Gasteiger partial charge in [-0.25, -0.2) is 0 Å². The van der Waals surface area contributed by atoms with Crippen LogP contribution in [-0.4, -0.2) is 19.7 Å². The third kappa shape index (κ3) is 4.50. The Bertz CT molecular complexity index is 415. The molecule has 1 aromatic rings. The molecule has 0 aromatic heterocycles. The molecule has 1 atom stereocenters. The molecule has 0 radical (unpaired) electrons. The Balaban J connectivity index is 1.96. The van der Waals surface area contributed by atoms with Gasteiger partial charge in [-0.1, -0.05) is 19.9 Å². The van der Waals surface area contributed by atoms with Crippen LogP contribution in [-0.2, 0) is 6.42 Å². The van der Waals surface area contributed by atoms with E-state index in [0.29, 0.717) is 11.8 Å². The predicted molar refractivity (Wildman–Crippen MR) is 83.8 cm³/mol. The molecule has 0 spiro atoms. The predicted octanol–water partition coefficient (Wildman–Crippen LogP) is 4.02. The van der Waals surface area contributed by atoms with Gasteiger partial charge in [0.2, 0.25) is 0 Å². The molecule has 1 aromatic carbocycles. The molecular weight excluding hydrogens is 302 g/mol. The summed E-state index contributed by atoms with van der Waals surface area (Å²) in [6.45, 7) is 5.77. The van der Waals surface area contributed by atoms with E-state index in [9.17, 15) is 0 Å². The summed E-state index contributed by atoms with van der Waals surface area (Å²) in [5.41, 5.74) is 1.38. The maximum absolute atomic E-state index is 5.28. The van der Waals surface area contributed by atoms with Crippen molar-refractivity contribution in [3.8, 4) is 5.75 Å². The zero-order valence-corrected chi connectivity index (χ0v) is 13.7. The van der Waals surface area contributed by atoms with Crippen molar-refractivity contribution in [2.45, 2.75) is 39.2 Å². The second kappa shape index (κ2) is 6.76. The Labute approximate surface area is 125 Å². The van der Waals surface area contributed by atoms with Crippen LogP contribution in [0.2, 0.25) is 0 Å². The number of hydrogen-bond donors (Lipinski definition) is 1. The van der Waals surface area contributed by atoms with Crippen molar-refractivity contribution in [2.24, 2.45) is 11.8 Å². The van der Waals surface area contributed by atoms with Gasteiger partial charge in [-0.3, -0.25) is 0 Å². The fourth-order valence-electron chi connectivity index (χ4n) is 2.29. The number of rotatable bonds is 7. The van der Waals surface area contributed by atoms with Gasteiger partial charge in [0, 0.05) is 6.04 Å². The standard InChI is InChI=1S/C16H24BrNO/c1-11(2)13(10-18-14-5-6-14)8-12-4-7-16(19-3)15(17)9-12/h4,7,9,11,13-14,18H,5-6,8,10H2,1-3H3. The van der Waals surface area contributed by atoms with Crippen molar-refractivity contribution < 1.29 is 4.74 Å². The monoisotopic (exact) mass is 325 g/mol. The second-order valence-corrected chi connectivity index (χ2v) is 6.71. The third-order valence-corrected chi connectivity index (χ3v) is 4.52. The maximum atomic E-state index is 5.28. The first kappa shape index (κ1) is 14.9. The van der Waals surface area contributed by atoms with Gasteiger partial charge in [-0.2, -0.15) is 0 Å². The van der Waals surface area contributed by atoms with E-state index in [0.717, 1.165) is 29.2 Å². The van der Waals surface area contributed by atoms with Crippen molar-refractivity contribution in [3.63, 3.8) is 0 Å². The minimum absolute atomic E-state index is 0.695. The summed E-state index contributed by atoms with van der Waals surface area (Å²) in [5, 5.41) is 3.66. The first-order valence-electron chi connectivity index (χ1n) is 7.16. The van der Waals surface area contributed by atoms with Crippen LogP contribution in [0.5, 0.6) is 5.75 Å². The fourth-order valence-corrected chi connectivity index (χ4v) is 2.88. The van der Waals surface area contributed by atoms with E-state index < -0.39 is 0 Å². The highest BCUT2D eigenvalue weighted by Gasteiger charge is 2.23. The summed E-state index contributed by atoms with van der Waals surface area (Å²) < 4.78 is 6.33. The van der Waals surface area contributed by atoms with Crippen molar-refractivity contribution in [2.75, 3.05) is 13.7 Å². The largest absolute Gasteiger partial charge is 0.496 e. The van der Waals surface area contributed by atoms with Crippen LogP contribution in [0.25, 0.3) is 0 Å². The minimum atomic E-state index is 0.695. The minimum Gasteiger partial charge on any atom is -0.496 e. The molecule has 106 valence electrons. The number of hydrogen-bond acceptors (Lipinski definition) is 2. The fraction of sp³-hybridized carbons (Fsp3) is 0.625. The molecule has 1 aliphatic carbocycles. The van der Waals surface area contributed by atoms with Gasteiger partial charge in [-0.05, 0) is 71.3 Å². The lowest BCUT2D eigenvalue weighted by Crippen LogP contribution is -2.29. The van der Waals surface area contributed by atoms with Gasteiger partial charge >= 0.3 is 0 Å². The van der Waals surface area contributed by atoms with E-state index >= 15 is 0 Å². The van der Waals surface area contributed by atoms with Crippen LogP contribution in [0.3, 0.4) is 0 Å². The van der Waals surface area contributed by atoms with Gasteiger partial charge in [0.1, 0.15) is 5.75 Å². The number of ether oxygens (including phenoxy) is 1. The third-order valence-electron chi connectivity index (χ3n) is 3.90. The van der Waals surface area contributed by atoms with Crippen LogP contribution in [0.4, 0.5) is 0 Å². The average molecular weight is 326 g/mol. The van der Waals surface area contributed by atoms with Crippen molar-refractivity contribution in [1.29, 1.82) is 0 Å². The van der Waals surface area contributed by atoms with Crippen molar-refractivity contribution in [3.05, 3.63) is 28.2 Å². The zero-order valence-electron chi connectivity index (χ0n) is 12.1. The molecule has 1 saturated carbocycles. The van der Waals surface area contributed by atoms with E-state index in [1.807, 2.05) is 6.07 Å². The molecule has 1 unspecified atom stereocenters. The number of benzene rings is 1. The summed E-state index contributed by atoms with van der Waals surface area (Å²) in [6.07, 6.45) is 3.85. The molecule has 1 aliphatic rings. The molecule has 2 nitrogen and oxygen atoms in total. The topological polar surface area (TPSA) is 21.3 Å². The quantitative estimate of drug-likeness (QED) is 0.817. The Morgan fingerprint density at radius 1 is 1.37 bits per heavy atom. The molecule has 0 aliphatic heterocycles. The lowest BCUT2D eigenvalue weighted by Gasteiger charge is -2.22. The van der Waals surface area contributed by atoms with Crippen LogP contribution in [0.15, 0.2) is 22.7 Å². The highest BCUT2D eigenvalue weighted by molar-refractivity contribution is 9.10. The Kier molecular flexibility index (Phi) is 5.28. The van der Waals surface area contributed by atoms with Crippen molar-refractivity contribution >= 4 is 15.9 Å². The van der Waals surface area contributed by atoms with E-state index in [-0.39, 0.29) is 0 Å². The number of halogens is 1. The first-order chi connectivity index (χ1) is 9.10. The molecule has 3 heteroatoms. The summed E-state index contributed by atoms with van der Waals surface area (Å²) >= 11 is 3.57. The SMILES string of the molecule is COc1ccc(CC(CNC2CC2)C(C)C)cc1Br. The van der Waals surface area contributed by atoms with Gasteiger partial charge in [0.15, 0.2) is 0 Å². The summed E-state index contributed by atoms with van der Waals surface area (Å²) in [7, 11) is 1.70. The maximum Gasteiger partial charge on any atom is 0.133 e. The molecule has 0 amide bonds. The molecule has 19 heavy (non-hydrogen) atoms.